The first-order chi connectivity index (χ1) is 13.7. The lowest BCUT2D eigenvalue weighted by atomic mass is 9.86. The number of hydrogen-bond acceptors (Lipinski definition) is 4. The van der Waals surface area contributed by atoms with Gasteiger partial charge in [-0.3, -0.25) is 0 Å². The van der Waals surface area contributed by atoms with Crippen molar-refractivity contribution in [1.29, 1.82) is 0 Å². The molecule has 0 aliphatic heterocycles. The average Bonchev–Trinajstić information content (AvgIpc) is 2.73. The fourth-order valence-electron chi connectivity index (χ4n) is 3.22. The third kappa shape index (κ3) is 3.58. The maximum absolute atomic E-state index is 6.45. The van der Waals surface area contributed by atoms with Gasteiger partial charge in [0.25, 0.3) is 0 Å². The van der Waals surface area contributed by atoms with Crippen molar-refractivity contribution in [2.45, 2.75) is 12.0 Å². The van der Waals surface area contributed by atoms with E-state index in [-0.39, 0.29) is 0 Å². The molecule has 28 heavy (non-hydrogen) atoms. The van der Waals surface area contributed by atoms with Crippen molar-refractivity contribution >= 4 is 11.4 Å². The molecule has 0 saturated carbocycles. The van der Waals surface area contributed by atoms with E-state index in [0.717, 1.165) is 11.3 Å². The molecule has 0 bridgehead atoms. The van der Waals surface area contributed by atoms with Crippen LogP contribution in [-0.4, -0.2) is 0 Å². The molecule has 1 aliphatic carbocycles. The van der Waals surface area contributed by atoms with Gasteiger partial charge in [-0.15, -0.1) is 0 Å². The highest BCUT2D eigenvalue weighted by molar-refractivity contribution is 5.54. The van der Waals surface area contributed by atoms with E-state index < -0.39 is 5.60 Å². The van der Waals surface area contributed by atoms with Gasteiger partial charge in [0.1, 0.15) is 17.3 Å². The zero-order chi connectivity index (χ0) is 19.4. The Morgan fingerprint density at radius 2 is 1.32 bits per heavy atom. The quantitative estimate of drug-likeness (QED) is 0.617. The lowest BCUT2D eigenvalue weighted by Crippen LogP contribution is -2.32. The van der Waals surface area contributed by atoms with Gasteiger partial charge in [0, 0.05) is 6.42 Å². The first-order valence-electron chi connectivity index (χ1n) is 9.17. The topological polar surface area (TPSA) is 70.5 Å². The maximum Gasteiger partial charge on any atom is 0.156 e. The van der Waals surface area contributed by atoms with Crippen molar-refractivity contribution in [2.75, 3.05) is 11.5 Å². The molecule has 4 nitrogen and oxygen atoms in total. The second-order valence-electron chi connectivity index (χ2n) is 6.68. The molecule has 0 saturated heterocycles. The molecule has 0 aromatic heterocycles. The number of allylic oxidation sites excluding steroid dienone is 1. The number of para-hydroxylation sites is 4. The Morgan fingerprint density at radius 1 is 0.714 bits per heavy atom. The van der Waals surface area contributed by atoms with E-state index in [1.165, 1.54) is 0 Å². The zero-order valence-electron chi connectivity index (χ0n) is 15.4. The molecule has 1 aliphatic rings. The molecule has 4 rings (SSSR count). The van der Waals surface area contributed by atoms with Crippen LogP contribution in [0.1, 0.15) is 12.0 Å². The molecular weight excluding hydrogens is 348 g/mol. The number of ether oxygens (including phenoxy) is 2. The van der Waals surface area contributed by atoms with E-state index in [2.05, 4.69) is 12.1 Å². The van der Waals surface area contributed by atoms with Gasteiger partial charge in [0.15, 0.2) is 5.60 Å². The number of anilines is 2. The molecule has 0 fully saturated rings. The third-order valence-electron chi connectivity index (χ3n) is 4.74. The van der Waals surface area contributed by atoms with Crippen LogP contribution in [0.2, 0.25) is 0 Å². The Balaban J connectivity index is 1.64. The summed E-state index contributed by atoms with van der Waals surface area (Å²) in [5.74, 6) is 2.02. The predicted octanol–water partition coefficient (Wildman–Crippen LogP) is 5.05. The van der Waals surface area contributed by atoms with Crippen molar-refractivity contribution in [2.24, 2.45) is 0 Å². The predicted molar refractivity (Wildman–Crippen MR) is 113 cm³/mol. The van der Waals surface area contributed by atoms with Gasteiger partial charge in [-0.1, -0.05) is 54.6 Å². The van der Waals surface area contributed by atoms with Gasteiger partial charge in [0.2, 0.25) is 0 Å². The van der Waals surface area contributed by atoms with Crippen LogP contribution in [0.3, 0.4) is 0 Å². The van der Waals surface area contributed by atoms with E-state index in [9.17, 15) is 0 Å². The summed E-state index contributed by atoms with van der Waals surface area (Å²) in [7, 11) is 0. The Bertz CT molecular complexity index is 1030. The normalized spacial score (nSPS) is 18.4. The van der Waals surface area contributed by atoms with Crippen LogP contribution in [0.4, 0.5) is 11.4 Å². The van der Waals surface area contributed by atoms with Crippen LogP contribution in [0.5, 0.6) is 11.5 Å². The number of hydrogen-bond donors (Lipinski definition) is 2. The van der Waals surface area contributed by atoms with Gasteiger partial charge in [0.05, 0.1) is 11.4 Å². The maximum atomic E-state index is 6.45. The molecule has 1 unspecified atom stereocenters. The average molecular weight is 370 g/mol. The van der Waals surface area contributed by atoms with Crippen molar-refractivity contribution in [3.8, 4) is 11.5 Å². The van der Waals surface area contributed by atoms with Gasteiger partial charge in [-0.2, -0.15) is 0 Å². The van der Waals surface area contributed by atoms with Crippen LogP contribution < -0.4 is 20.9 Å². The second kappa shape index (κ2) is 7.53. The van der Waals surface area contributed by atoms with E-state index in [1.807, 2.05) is 85.0 Å². The summed E-state index contributed by atoms with van der Waals surface area (Å²) in [6.45, 7) is 0. The molecule has 0 amide bonds. The van der Waals surface area contributed by atoms with Crippen molar-refractivity contribution < 1.29 is 9.47 Å². The molecule has 3 aromatic rings. The fraction of sp³-hybridized carbons (Fsp3) is 0.0833. The summed E-state index contributed by atoms with van der Waals surface area (Å²) in [6, 6.07) is 25.1. The van der Waals surface area contributed by atoms with Crippen LogP contribution in [0, 0.1) is 0 Å². The SMILES string of the molecule is Nc1ccccc1OC1=CCC(Oc2ccccc2N)(c2ccccc2)C=C1. The third-order valence-corrected chi connectivity index (χ3v) is 4.74. The Morgan fingerprint density at radius 3 is 1.93 bits per heavy atom. The number of nitrogens with two attached hydrogens (primary N) is 2. The summed E-state index contributed by atoms with van der Waals surface area (Å²) in [5, 5.41) is 0. The summed E-state index contributed by atoms with van der Waals surface area (Å²) < 4.78 is 12.4. The fourth-order valence-corrected chi connectivity index (χ4v) is 3.22. The van der Waals surface area contributed by atoms with Crippen molar-refractivity contribution in [3.63, 3.8) is 0 Å². The minimum atomic E-state index is -0.661. The monoisotopic (exact) mass is 370 g/mol. The molecule has 0 radical (unpaired) electrons. The first-order valence-corrected chi connectivity index (χ1v) is 9.17. The Labute approximate surface area is 164 Å². The molecule has 1 atom stereocenters. The minimum absolute atomic E-state index is 0.601. The molecule has 0 spiro atoms. The van der Waals surface area contributed by atoms with E-state index in [1.54, 1.807) is 0 Å². The van der Waals surface area contributed by atoms with Gasteiger partial charge in [-0.05, 0) is 48.1 Å². The molecular formula is C24H22N2O2. The molecule has 140 valence electrons. The van der Waals surface area contributed by atoms with Gasteiger partial charge >= 0.3 is 0 Å². The number of benzene rings is 3. The van der Waals surface area contributed by atoms with Crippen molar-refractivity contribution in [3.05, 3.63) is 108 Å². The number of rotatable bonds is 5. The summed E-state index contributed by atoms with van der Waals surface area (Å²) in [4.78, 5) is 0. The van der Waals surface area contributed by atoms with Crippen LogP contribution in [0.25, 0.3) is 0 Å². The zero-order valence-corrected chi connectivity index (χ0v) is 15.4. The first kappa shape index (κ1) is 17.7. The van der Waals surface area contributed by atoms with Gasteiger partial charge in [-0.25, -0.2) is 0 Å². The van der Waals surface area contributed by atoms with Crippen molar-refractivity contribution in [1.82, 2.24) is 0 Å². The standard InChI is InChI=1S/C24H22N2O2/c25-20-10-4-6-12-22(20)27-19-14-16-24(17-15-19,18-8-2-1-3-9-18)28-23-13-7-5-11-21(23)26/h1-16H,17,25-26H2. The largest absolute Gasteiger partial charge is 0.476 e. The minimum Gasteiger partial charge on any atom is -0.476 e. The van der Waals surface area contributed by atoms with E-state index in [4.69, 9.17) is 20.9 Å². The van der Waals surface area contributed by atoms with E-state index in [0.29, 0.717) is 29.3 Å². The van der Waals surface area contributed by atoms with Crippen LogP contribution >= 0.6 is 0 Å². The highest BCUT2D eigenvalue weighted by Crippen LogP contribution is 2.39. The lowest BCUT2D eigenvalue weighted by Gasteiger charge is -2.34. The molecule has 4 heteroatoms. The summed E-state index contributed by atoms with van der Waals surface area (Å²) in [6.07, 6.45) is 6.55. The van der Waals surface area contributed by atoms with Crippen LogP contribution in [-0.2, 0) is 5.60 Å². The highest BCUT2D eigenvalue weighted by atomic mass is 16.5. The molecule has 3 aromatic carbocycles. The second-order valence-corrected chi connectivity index (χ2v) is 6.68. The van der Waals surface area contributed by atoms with Gasteiger partial charge < -0.3 is 20.9 Å². The van der Waals surface area contributed by atoms with Crippen LogP contribution in [0.15, 0.2) is 103 Å². The molecule has 0 heterocycles. The lowest BCUT2D eigenvalue weighted by molar-refractivity contribution is 0.120. The highest BCUT2D eigenvalue weighted by Gasteiger charge is 2.34. The summed E-state index contributed by atoms with van der Waals surface area (Å²) in [5.41, 5.74) is 13.7. The Hall–Kier alpha value is -3.66. The molecule has 4 N–H and O–H groups in total. The smallest absolute Gasteiger partial charge is 0.156 e. The summed E-state index contributed by atoms with van der Waals surface area (Å²) >= 11 is 0. The van der Waals surface area contributed by atoms with E-state index >= 15 is 0 Å². The number of nitrogen functional groups attached to an aromatic ring is 2. The Kier molecular flexibility index (Phi) is 4.77.